The van der Waals surface area contributed by atoms with Gasteiger partial charge in [-0.05, 0) is 11.5 Å². The molecular formula is C4H2N4OS. The van der Waals surface area contributed by atoms with Crippen LogP contribution in [0, 0.1) is 0 Å². The summed E-state index contributed by atoms with van der Waals surface area (Å²) in [5.41, 5.74) is 0. The molecule has 0 atom stereocenters. The van der Waals surface area contributed by atoms with E-state index in [1.165, 1.54) is 17.9 Å². The van der Waals surface area contributed by atoms with Gasteiger partial charge in [0.15, 0.2) is 0 Å². The van der Waals surface area contributed by atoms with Crippen molar-refractivity contribution >= 4 is 11.5 Å². The van der Waals surface area contributed by atoms with Crippen LogP contribution in [0.1, 0.15) is 0 Å². The normalized spacial score (nSPS) is 10.0. The molecule has 2 aromatic rings. The van der Waals surface area contributed by atoms with E-state index in [4.69, 9.17) is 0 Å². The molecule has 0 saturated carbocycles. The smallest absolute Gasteiger partial charge is 0.215 e. The van der Waals surface area contributed by atoms with Crippen LogP contribution in [0.25, 0.3) is 10.7 Å². The molecule has 2 aromatic heterocycles. The molecule has 0 aliphatic heterocycles. The van der Waals surface area contributed by atoms with Gasteiger partial charge in [0.05, 0.1) is 6.20 Å². The molecule has 0 radical (unpaired) electrons. The van der Waals surface area contributed by atoms with Gasteiger partial charge in [-0.1, -0.05) is 9.64 Å². The van der Waals surface area contributed by atoms with Gasteiger partial charge in [0.1, 0.15) is 4.88 Å². The van der Waals surface area contributed by atoms with E-state index < -0.39 is 0 Å². The van der Waals surface area contributed by atoms with E-state index >= 15 is 0 Å². The van der Waals surface area contributed by atoms with E-state index in [1.54, 1.807) is 6.20 Å². The Kier molecular flexibility index (Phi) is 1.17. The van der Waals surface area contributed by atoms with Gasteiger partial charge < -0.3 is 4.52 Å². The van der Waals surface area contributed by atoms with Gasteiger partial charge in [-0.15, -0.1) is 5.10 Å². The molecule has 6 heteroatoms. The number of hydrogen-bond donors (Lipinski definition) is 0. The second-order valence-corrected chi connectivity index (χ2v) is 2.32. The summed E-state index contributed by atoms with van der Waals surface area (Å²) in [6.07, 6.45) is 2.87. The minimum absolute atomic E-state index is 0.537. The highest BCUT2D eigenvalue weighted by molar-refractivity contribution is 7.09. The first-order valence-corrected chi connectivity index (χ1v) is 3.28. The Morgan fingerprint density at radius 2 is 2.50 bits per heavy atom. The molecule has 0 aliphatic rings. The molecule has 0 N–H and O–H groups in total. The molecule has 2 heterocycles. The number of hydrogen-bond acceptors (Lipinski definition) is 6. The molecule has 0 fully saturated rings. The largest absolute Gasteiger partial charge is 0.342 e. The SMILES string of the molecule is c1nc(-c2cnns2)no1. The summed E-state index contributed by atoms with van der Waals surface area (Å²) in [6, 6.07) is 0. The summed E-state index contributed by atoms with van der Waals surface area (Å²) < 4.78 is 8.18. The van der Waals surface area contributed by atoms with E-state index in [-0.39, 0.29) is 0 Å². The Hall–Kier alpha value is -1.30. The zero-order valence-corrected chi connectivity index (χ0v) is 5.58. The molecule has 0 bridgehead atoms. The molecule has 2 rings (SSSR count). The third-order valence-electron chi connectivity index (χ3n) is 0.943. The highest BCUT2D eigenvalue weighted by Gasteiger charge is 2.03. The van der Waals surface area contributed by atoms with E-state index in [2.05, 4.69) is 24.3 Å². The first-order chi connectivity index (χ1) is 4.97. The zero-order valence-electron chi connectivity index (χ0n) is 4.76. The molecule has 5 nitrogen and oxygen atoms in total. The average molecular weight is 154 g/mol. The number of rotatable bonds is 1. The van der Waals surface area contributed by atoms with Crippen molar-refractivity contribution in [2.45, 2.75) is 0 Å². The Morgan fingerprint density at radius 1 is 1.50 bits per heavy atom. The lowest BCUT2D eigenvalue weighted by atomic mass is 10.5. The summed E-state index contributed by atoms with van der Waals surface area (Å²) in [4.78, 5) is 4.62. The van der Waals surface area contributed by atoms with Crippen LogP contribution in [-0.2, 0) is 0 Å². The number of nitrogens with zero attached hydrogens (tertiary/aromatic N) is 4. The summed E-state index contributed by atoms with van der Waals surface area (Å²) in [7, 11) is 0. The van der Waals surface area contributed by atoms with Crippen LogP contribution < -0.4 is 0 Å². The van der Waals surface area contributed by atoms with Gasteiger partial charge in [0.25, 0.3) is 0 Å². The fourth-order valence-electron chi connectivity index (χ4n) is 0.545. The maximum Gasteiger partial charge on any atom is 0.215 e. The molecule has 0 spiro atoms. The second-order valence-electron chi connectivity index (χ2n) is 1.54. The van der Waals surface area contributed by atoms with Crippen molar-refractivity contribution in [2.75, 3.05) is 0 Å². The molecule has 0 amide bonds. The molecule has 10 heavy (non-hydrogen) atoms. The van der Waals surface area contributed by atoms with Crippen molar-refractivity contribution in [1.29, 1.82) is 0 Å². The zero-order chi connectivity index (χ0) is 6.81. The van der Waals surface area contributed by atoms with Crippen molar-refractivity contribution in [3.05, 3.63) is 12.6 Å². The van der Waals surface area contributed by atoms with Crippen molar-refractivity contribution < 1.29 is 4.52 Å². The molecular weight excluding hydrogens is 152 g/mol. The van der Waals surface area contributed by atoms with Crippen molar-refractivity contribution in [3.8, 4) is 10.7 Å². The van der Waals surface area contributed by atoms with Gasteiger partial charge in [0, 0.05) is 0 Å². The van der Waals surface area contributed by atoms with Crippen LogP contribution >= 0.6 is 11.5 Å². The topological polar surface area (TPSA) is 64.7 Å². The highest BCUT2D eigenvalue weighted by atomic mass is 32.1. The third kappa shape index (κ3) is 0.781. The Labute approximate surface area is 59.9 Å². The maximum atomic E-state index is 4.53. The number of aromatic nitrogens is 4. The quantitative estimate of drug-likeness (QED) is 0.601. The van der Waals surface area contributed by atoms with Crippen LogP contribution in [0.2, 0.25) is 0 Å². The Morgan fingerprint density at radius 3 is 3.10 bits per heavy atom. The first kappa shape index (κ1) is 5.48. The standard InChI is InChI=1S/C4H2N4OS/c1-3(10-8-6-1)4-5-2-9-7-4/h1-2H. The molecule has 0 aliphatic carbocycles. The Balaban J connectivity index is 2.48. The van der Waals surface area contributed by atoms with E-state index in [0.717, 1.165) is 4.88 Å². The second kappa shape index (κ2) is 2.14. The van der Waals surface area contributed by atoms with Crippen molar-refractivity contribution in [3.63, 3.8) is 0 Å². The van der Waals surface area contributed by atoms with E-state index in [0.29, 0.717) is 5.82 Å². The minimum Gasteiger partial charge on any atom is -0.342 e. The summed E-state index contributed by atoms with van der Waals surface area (Å²) >= 11 is 1.23. The fraction of sp³-hybridized carbons (Fsp3) is 0. The van der Waals surface area contributed by atoms with Gasteiger partial charge in [-0.3, -0.25) is 0 Å². The lowest BCUT2D eigenvalue weighted by Crippen LogP contribution is -1.71. The van der Waals surface area contributed by atoms with Crippen molar-refractivity contribution in [2.24, 2.45) is 0 Å². The maximum absolute atomic E-state index is 4.53. The summed E-state index contributed by atoms with van der Waals surface area (Å²) in [6.45, 7) is 0. The van der Waals surface area contributed by atoms with Crippen LogP contribution in [0.5, 0.6) is 0 Å². The van der Waals surface area contributed by atoms with Crippen LogP contribution in [0.15, 0.2) is 17.1 Å². The third-order valence-corrected chi connectivity index (χ3v) is 1.60. The van der Waals surface area contributed by atoms with Gasteiger partial charge in [0.2, 0.25) is 12.2 Å². The molecule has 0 saturated heterocycles. The van der Waals surface area contributed by atoms with E-state index in [9.17, 15) is 0 Å². The van der Waals surface area contributed by atoms with Crippen LogP contribution in [0.4, 0.5) is 0 Å². The average Bonchev–Trinajstić information content (AvgIpc) is 2.59. The van der Waals surface area contributed by atoms with Gasteiger partial charge in [-0.25, -0.2) is 0 Å². The van der Waals surface area contributed by atoms with Crippen LogP contribution in [0.3, 0.4) is 0 Å². The van der Waals surface area contributed by atoms with Gasteiger partial charge in [-0.2, -0.15) is 4.98 Å². The minimum atomic E-state index is 0.537. The van der Waals surface area contributed by atoms with Crippen LogP contribution in [-0.4, -0.2) is 19.7 Å². The highest BCUT2D eigenvalue weighted by Crippen LogP contribution is 2.15. The Bertz CT molecular complexity index is 257. The molecule has 0 unspecified atom stereocenters. The predicted molar refractivity (Wildman–Crippen MR) is 33.2 cm³/mol. The fourth-order valence-corrected chi connectivity index (χ4v) is 0.993. The molecule has 50 valence electrons. The lowest BCUT2D eigenvalue weighted by molar-refractivity contribution is 0.419. The summed E-state index contributed by atoms with van der Waals surface area (Å²) in [5.74, 6) is 0.537. The lowest BCUT2D eigenvalue weighted by Gasteiger charge is -1.76. The van der Waals surface area contributed by atoms with E-state index in [1.807, 2.05) is 0 Å². The van der Waals surface area contributed by atoms with Crippen molar-refractivity contribution in [1.82, 2.24) is 19.7 Å². The predicted octanol–water partition coefficient (Wildman–Crippen LogP) is 0.588. The first-order valence-electron chi connectivity index (χ1n) is 2.51. The molecule has 0 aromatic carbocycles. The van der Waals surface area contributed by atoms with Gasteiger partial charge >= 0.3 is 0 Å². The summed E-state index contributed by atoms with van der Waals surface area (Å²) in [5, 5.41) is 7.23. The monoisotopic (exact) mass is 154 g/mol.